The second kappa shape index (κ2) is 10.4. The molecule has 0 bridgehead atoms. The predicted molar refractivity (Wildman–Crippen MR) is 68.1 cm³/mol. The summed E-state index contributed by atoms with van der Waals surface area (Å²) in [6.45, 7) is 9.37. The van der Waals surface area contributed by atoms with E-state index in [2.05, 4.69) is 24.1 Å². The fourth-order valence-corrected chi connectivity index (χ4v) is 1.61. The van der Waals surface area contributed by atoms with Crippen molar-refractivity contribution in [1.29, 1.82) is 0 Å². The first kappa shape index (κ1) is 16.2. The normalized spacial score (nSPS) is 12.5. The number of aliphatic hydroxyl groups is 1. The van der Waals surface area contributed by atoms with Crippen LogP contribution in [0.2, 0.25) is 0 Å². The number of aliphatic hydroxyl groups excluding tert-OH is 1. The zero-order valence-corrected chi connectivity index (χ0v) is 11.2. The van der Waals surface area contributed by atoms with Crippen LogP contribution < -0.4 is 5.32 Å². The van der Waals surface area contributed by atoms with Crippen LogP contribution in [0.3, 0.4) is 0 Å². The van der Waals surface area contributed by atoms with Gasteiger partial charge >= 0.3 is 6.09 Å². The second-order valence-electron chi connectivity index (χ2n) is 4.07. The highest BCUT2D eigenvalue weighted by Crippen LogP contribution is 1.99. The van der Waals surface area contributed by atoms with E-state index >= 15 is 0 Å². The molecule has 5 heteroatoms. The highest BCUT2D eigenvalue weighted by atomic mass is 16.6. The third-order valence-electron chi connectivity index (χ3n) is 2.69. The number of ether oxygens (including phenoxy) is 1. The number of rotatable bonds is 9. The molecule has 0 aliphatic carbocycles. The molecule has 1 amide bonds. The fraction of sp³-hybridized carbons (Fsp3) is 0.917. The van der Waals surface area contributed by atoms with Crippen molar-refractivity contribution in [3.8, 4) is 0 Å². The third kappa shape index (κ3) is 8.94. The average Bonchev–Trinajstić information content (AvgIpc) is 2.32. The zero-order valence-electron chi connectivity index (χ0n) is 11.2. The van der Waals surface area contributed by atoms with Gasteiger partial charge in [-0.3, -0.25) is 0 Å². The summed E-state index contributed by atoms with van der Waals surface area (Å²) in [5.74, 6) is 0. The fourth-order valence-electron chi connectivity index (χ4n) is 1.61. The summed E-state index contributed by atoms with van der Waals surface area (Å²) in [5, 5.41) is 11.2. The van der Waals surface area contributed by atoms with Gasteiger partial charge in [0.2, 0.25) is 0 Å². The van der Waals surface area contributed by atoms with Gasteiger partial charge in [-0.25, -0.2) is 4.79 Å². The van der Waals surface area contributed by atoms with Gasteiger partial charge in [-0.15, -0.1) is 0 Å². The van der Waals surface area contributed by atoms with Crippen LogP contribution in [-0.4, -0.2) is 55.0 Å². The quantitative estimate of drug-likeness (QED) is 0.642. The highest BCUT2D eigenvalue weighted by molar-refractivity contribution is 5.67. The van der Waals surface area contributed by atoms with Crippen LogP contribution in [0.25, 0.3) is 0 Å². The Morgan fingerprint density at radius 2 is 2.06 bits per heavy atom. The van der Waals surface area contributed by atoms with Gasteiger partial charge in [-0.1, -0.05) is 13.8 Å². The molecule has 0 aromatic carbocycles. The number of carbonyl (C=O) groups is 1. The van der Waals surface area contributed by atoms with Crippen LogP contribution in [0, 0.1) is 0 Å². The maximum Gasteiger partial charge on any atom is 0.407 e. The topological polar surface area (TPSA) is 61.8 Å². The van der Waals surface area contributed by atoms with E-state index in [-0.39, 0.29) is 19.3 Å². The lowest BCUT2D eigenvalue weighted by molar-refractivity contribution is 0.116. The summed E-state index contributed by atoms with van der Waals surface area (Å²) >= 11 is 0. The van der Waals surface area contributed by atoms with E-state index in [1.165, 1.54) is 0 Å². The summed E-state index contributed by atoms with van der Waals surface area (Å²) < 4.78 is 4.72. The summed E-state index contributed by atoms with van der Waals surface area (Å²) in [4.78, 5) is 13.5. The molecular weight excluding hydrogens is 220 g/mol. The van der Waals surface area contributed by atoms with Gasteiger partial charge < -0.3 is 20.1 Å². The second-order valence-corrected chi connectivity index (χ2v) is 4.07. The maximum atomic E-state index is 11.2. The van der Waals surface area contributed by atoms with Gasteiger partial charge in [0.05, 0.1) is 6.61 Å². The number of nitrogens with zero attached hydrogens (tertiary/aromatic N) is 1. The Labute approximate surface area is 104 Å². The monoisotopic (exact) mass is 246 g/mol. The van der Waals surface area contributed by atoms with Crippen molar-refractivity contribution >= 4 is 6.09 Å². The molecule has 0 saturated heterocycles. The molecule has 0 aromatic heterocycles. The van der Waals surface area contributed by atoms with Crippen molar-refractivity contribution in [2.24, 2.45) is 0 Å². The van der Waals surface area contributed by atoms with E-state index in [1.807, 2.05) is 6.92 Å². The van der Waals surface area contributed by atoms with E-state index in [0.717, 1.165) is 32.5 Å². The van der Waals surface area contributed by atoms with Gasteiger partial charge in [0.25, 0.3) is 0 Å². The Hall–Kier alpha value is -0.810. The molecular formula is C12H26N2O3. The van der Waals surface area contributed by atoms with Gasteiger partial charge in [-0.05, 0) is 39.4 Å². The Bertz CT molecular complexity index is 196. The van der Waals surface area contributed by atoms with E-state index in [1.54, 1.807) is 0 Å². The largest absolute Gasteiger partial charge is 0.447 e. The van der Waals surface area contributed by atoms with E-state index in [9.17, 15) is 4.79 Å². The molecule has 0 fully saturated rings. The Morgan fingerprint density at radius 3 is 2.59 bits per heavy atom. The molecule has 0 aromatic rings. The van der Waals surface area contributed by atoms with Gasteiger partial charge in [0.15, 0.2) is 0 Å². The molecule has 0 aliphatic rings. The molecule has 0 heterocycles. The molecule has 17 heavy (non-hydrogen) atoms. The highest BCUT2D eigenvalue weighted by Gasteiger charge is 2.08. The molecule has 0 rings (SSSR count). The van der Waals surface area contributed by atoms with Crippen LogP contribution >= 0.6 is 0 Å². The Kier molecular flexibility index (Phi) is 9.86. The SMILES string of the molecule is CCN(CC)CCCC(C)NC(=O)OCCO. The Morgan fingerprint density at radius 1 is 1.41 bits per heavy atom. The lowest BCUT2D eigenvalue weighted by Crippen LogP contribution is -2.34. The van der Waals surface area contributed by atoms with Crippen LogP contribution in [0.1, 0.15) is 33.6 Å². The van der Waals surface area contributed by atoms with Gasteiger partial charge in [0, 0.05) is 6.04 Å². The molecule has 5 nitrogen and oxygen atoms in total. The van der Waals surface area contributed by atoms with Crippen molar-refractivity contribution in [3.63, 3.8) is 0 Å². The van der Waals surface area contributed by atoms with Crippen molar-refractivity contribution in [2.45, 2.75) is 39.7 Å². The van der Waals surface area contributed by atoms with Crippen LogP contribution in [0.4, 0.5) is 4.79 Å². The molecule has 1 atom stereocenters. The first-order valence-electron chi connectivity index (χ1n) is 6.40. The minimum Gasteiger partial charge on any atom is -0.447 e. The third-order valence-corrected chi connectivity index (χ3v) is 2.69. The van der Waals surface area contributed by atoms with Crippen molar-refractivity contribution in [1.82, 2.24) is 10.2 Å². The summed E-state index contributed by atoms with van der Waals surface area (Å²) in [6.07, 6.45) is 1.54. The van der Waals surface area contributed by atoms with Gasteiger partial charge in [0.1, 0.15) is 6.61 Å². The first-order chi connectivity index (χ1) is 8.13. The maximum absolute atomic E-state index is 11.2. The predicted octanol–water partition coefficient (Wildman–Crippen LogP) is 1.22. The summed E-state index contributed by atoms with van der Waals surface area (Å²) in [5.41, 5.74) is 0. The average molecular weight is 246 g/mol. The van der Waals surface area contributed by atoms with E-state index in [0.29, 0.717) is 0 Å². The molecule has 0 spiro atoms. The molecule has 0 aliphatic heterocycles. The molecule has 0 saturated carbocycles. The van der Waals surface area contributed by atoms with Crippen molar-refractivity contribution < 1.29 is 14.6 Å². The minimum atomic E-state index is -0.450. The number of hydrogen-bond donors (Lipinski definition) is 2. The summed E-state index contributed by atoms with van der Waals surface area (Å²) in [7, 11) is 0. The lowest BCUT2D eigenvalue weighted by atomic mass is 10.2. The summed E-state index contributed by atoms with van der Waals surface area (Å²) in [6, 6.07) is 0.108. The first-order valence-corrected chi connectivity index (χ1v) is 6.40. The lowest BCUT2D eigenvalue weighted by Gasteiger charge is -2.19. The number of amides is 1. The molecule has 1 unspecified atom stereocenters. The standard InChI is InChI=1S/C12H26N2O3/c1-4-14(5-2)8-6-7-11(3)13-12(16)17-10-9-15/h11,15H,4-10H2,1-3H3,(H,13,16). The number of carbonyl (C=O) groups excluding carboxylic acids is 1. The molecule has 0 radical (unpaired) electrons. The number of alkyl carbamates (subject to hydrolysis) is 1. The van der Waals surface area contributed by atoms with Crippen LogP contribution in [0.5, 0.6) is 0 Å². The van der Waals surface area contributed by atoms with E-state index < -0.39 is 6.09 Å². The minimum absolute atomic E-state index is 0.0536. The molecule has 102 valence electrons. The smallest absolute Gasteiger partial charge is 0.407 e. The molecule has 2 N–H and O–H groups in total. The van der Waals surface area contributed by atoms with E-state index in [4.69, 9.17) is 9.84 Å². The number of nitrogens with one attached hydrogen (secondary N) is 1. The number of hydrogen-bond acceptors (Lipinski definition) is 4. The van der Waals surface area contributed by atoms with Crippen molar-refractivity contribution in [3.05, 3.63) is 0 Å². The Balaban J connectivity index is 3.58. The van der Waals surface area contributed by atoms with Crippen LogP contribution in [-0.2, 0) is 4.74 Å². The van der Waals surface area contributed by atoms with Gasteiger partial charge in [-0.2, -0.15) is 0 Å². The van der Waals surface area contributed by atoms with Crippen molar-refractivity contribution in [2.75, 3.05) is 32.8 Å². The zero-order chi connectivity index (χ0) is 13.1. The van der Waals surface area contributed by atoms with Crippen LogP contribution in [0.15, 0.2) is 0 Å².